The highest BCUT2D eigenvalue weighted by molar-refractivity contribution is 7.25. The van der Waals surface area contributed by atoms with Crippen LogP contribution in [0.5, 0.6) is 0 Å². The molecule has 1 fully saturated rings. The van der Waals surface area contributed by atoms with Crippen LogP contribution in [0.2, 0.25) is 0 Å². The molecule has 3 atom stereocenters. The van der Waals surface area contributed by atoms with Gasteiger partial charge in [-0.05, 0) is 12.8 Å². The van der Waals surface area contributed by atoms with Gasteiger partial charge in [0.1, 0.15) is 6.10 Å². The molecular weight excluding hydrogens is 181 g/mol. The fourth-order valence-electron chi connectivity index (χ4n) is 1.25. The van der Waals surface area contributed by atoms with Gasteiger partial charge in [0.15, 0.2) is 20.4 Å². The van der Waals surface area contributed by atoms with Crippen molar-refractivity contribution in [2.24, 2.45) is 5.73 Å². The van der Waals surface area contributed by atoms with Crippen molar-refractivity contribution >= 4 is 14.8 Å². The fourth-order valence-corrected chi connectivity index (χ4v) is 1.69. The Balaban J connectivity index is 2.54. The zero-order valence-corrected chi connectivity index (χ0v) is 7.49. The lowest BCUT2D eigenvalue weighted by Gasteiger charge is -2.42. The van der Waals surface area contributed by atoms with E-state index in [0.29, 0.717) is 12.8 Å². The minimum absolute atomic E-state index is 0.190. The van der Waals surface area contributed by atoms with Crippen LogP contribution in [0.4, 0.5) is 0 Å². The lowest BCUT2D eigenvalue weighted by molar-refractivity contribution is -0.165. The van der Waals surface area contributed by atoms with E-state index in [2.05, 4.69) is 0 Å². The minimum Gasteiger partial charge on any atom is -0.379 e. The van der Waals surface area contributed by atoms with Crippen molar-refractivity contribution in [2.75, 3.05) is 6.54 Å². The van der Waals surface area contributed by atoms with Crippen molar-refractivity contribution < 1.29 is 19.3 Å². The van der Waals surface area contributed by atoms with Gasteiger partial charge in [-0.1, -0.05) is 0 Å². The Kier molecular flexibility index (Phi) is 3.15. The second kappa shape index (κ2) is 3.77. The lowest BCUT2D eigenvalue weighted by Crippen LogP contribution is -2.59. The molecule has 0 aromatic rings. The number of carbonyl (C=O) groups is 1. The van der Waals surface area contributed by atoms with Crippen LogP contribution in [-0.4, -0.2) is 34.0 Å². The van der Waals surface area contributed by atoms with Crippen LogP contribution in [0.15, 0.2) is 0 Å². The van der Waals surface area contributed by atoms with E-state index in [1.165, 1.54) is 0 Å². The summed E-state index contributed by atoms with van der Waals surface area (Å²) in [5, 5.41) is 9.61. The van der Waals surface area contributed by atoms with Crippen molar-refractivity contribution in [3.63, 3.8) is 0 Å². The summed E-state index contributed by atoms with van der Waals surface area (Å²) >= 11 is 0. The zero-order valence-electron chi connectivity index (χ0n) is 6.49. The van der Waals surface area contributed by atoms with Crippen LogP contribution in [0.3, 0.4) is 0 Å². The molecular formula is C6H12NO4P. The standard InChI is InChI=1S/C6H12NO4P/c7-3-4(8)6(9)2-1-5(6)11-12-10/h5,9-10,12H,1-3,7H2. The summed E-state index contributed by atoms with van der Waals surface area (Å²) in [6, 6.07) is 0. The number of hydrogen-bond acceptors (Lipinski definition) is 5. The van der Waals surface area contributed by atoms with Crippen molar-refractivity contribution in [3.05, 3.63) is 0 Å². The first kappa shape index (κ1) is 10.0. The highest BCUT2D eigenvalue weighted by atomic mass is 31.1. The first-order valence-corrected chi connectivity index (χ1v) is 4.51. The normalized spacial score (nSPS) is 35.4. The predicted octanol–water partition coefficient (Wildman–Crippen LogP) is -1.07. The van der Waals surface area contributed by atoms with Crippen LogP contribution >= 0.6 is 9.03 Å². The molecule has 4 N–H and O–H groups in total. The first-order valence-electron chi connectivity index (χ1n) is 3.65. The lowest BCUT2D eigenvalue weighted by atomic mass is 9.74. The average Bonchev–Trinajstić information content (AvgIpc) is 2.09. The molecule has 0 amide bonds. The molecule has 1 aliphatic rings. The van der Waals surface area contributed by atoms with Crippen LogP contribution in [-0.2, 0) is 9.32 Å². The summed E-state index contributed by atoms with van der Waals surface area (Å²) in [5.74, 6) is -0.419. The zero-order chi connectivity index (χ0) is 9.19. The molecule has 0 spiro atoms. The minimum atomic E-state index is -1.44. The molecule has 0 radical (unpaired) electrons. The number of rotatable bonds is 4. The summed E-state index contributed by atoms with van der Waals surface area (Å²) in [5.41, 5.74) is 3.66. The topological polar surface area (TPSA) is 92.8 Å². The molecule has 0 saturated heterocycles. The molecule has 0 aromatic heterocycles. The first-order chi connectivity index (χ1) is 5.65. The molecule has 0 bridgehead atoms. The van der Waals surface area contributed by atoms with E-state index in [4.69, 9.17) is 15.2 Å². The molecule has 12 heavy (non-hydrogen) atoms. The van der Waals surface area contributed by atoms with Crippen molar-refractivity contribution in [1.82, 2.24) is 0 Å². The molecule has 70 valence electrons. The van der Waals surface area contributed by atoms with Gasteiger partial charge in [-0.2, -0.15) is 0 Å². The summed E-state index contributed by atoms with van der Waals surface area (Å²) in [4.78, 5) is 19.5. The summed E-state index contributed by atoms with van der Waals surface area (Å²) < 4.78 is 4.77. The van der Waals surface area contributed by atoms with Crippen LogP contribution < -0.4 is 5.73 Å². The molecule has 0 aromatic carbocycles. The average molecular weight is 193 g/mol. The Morgan fingerprint density at radius 1 is 1.83 bits per heavy atom. The molecule has 5 nitrogen and oxygen atoms in total. The molecule has 6 heteroatoms. The number of ketones is 1. The number of nitrogens with two attached hydrogens (primary N) is 1. The van der Waals surface area contributed by atoms with Gasteiger partial charge in [0, 0.05) is 0 Å². The Morgan fingerprint density at radius 2 is 2.50 bits per heavy atom. The molecule has 1 rings (SSSR count). The number of carbonyl (C=O) groups excluding carboxylic acids is 1. The van der Waals surface area contributed by atoms with Gasteiger partial charge in [0.2, 0.25) is 0 Å². The predicted molar refractivity (Wildman–Crippen MR) is 43.7 cm³/mol. The van der Waals surface area contributed by atoms with Gasteiger partial charge in [0.05, 0.1) is 6.54 Å². The molecule has 1 aliphatic carbocycles. The third-order valence-corrected chi connectivity index (χ3v) is 2.57. The summed E-state index contributed by atoms with van der Waals surface area (Å²) in [6.45, 7) is -0.190. The van der Waals surface area contributed by atoms with E-state index in [1.807, 2.05) is 0 Å². The van der Waals surface area contributed by atoms with Gasteiger partial charge >= 0.3 is 0 Å². The molecule has 0 heterocycles. The maximum absolute atomic E-state index is 11.1. The number of Topliss-reactive ketones (excluding diaryl/α,β-unsaturated/α-hetero) is 1. The number of hydrogen-bond donors (Lipinski definition) is 3. The van der Waals surface area contributed by atoms with Crippen LogP contribution in [0.25, 0.3) is 0 Å². The fraction of sp³-hybridized carbons (Fsp3) is 0.833. The Bertz CT molecular complexity index is 188. The van der Waals surface area contributed by atoms with E-state index in [-0.39, 0.29) is 6.54 Å². The van der Waals surface area contributed by atoms with E-state index in [9.17, 15) is 9.90 Å². The largest absolute Gasteiger partial charge is 0.379 e. The maximum Gasteiger partial charge on any atom is 0.180 e. The Labute approximate surface area is 71.8 Å². The highest BCUT2D eigenvalue weighted by Crippen LogP contribution is 2.38. The van der Waals surface area contributed by atoms with Crippen molar-refractivity contribution in [3.8, 4) is 0 Å². The van der Waals surface area contributed by atoms with E-state index in [0.717, 1.165) is 0 Å². The third-order valence-electron chi connectivity index (χ3n) is 2.18. The number of aliphatic hydroxyl groups is 1. The van der Waals surface area contributed by atoms with Gasteiger partial charge in [-0.3, -0.25) is 4.79 Å². The smallest absolute Gasteiger partial charge is 0.180 e. The van der Waals surface area contributed by atoms with Gasteiger partial charge in [-0.15, -0.1) is 0 Å². The van der Waals surface area contributed by atoms with Crippen LogP contribution in [0, 0.1) is 0 Å². The molecule has 3 unspecified atom stereocenters. The molecule has 1 saturated carbocycles. The van der Waals surface area contributed by atoms with Crippen molar-refractivity contribution in [2.45, 2.75) is 24.5 Å². The monoisotopic (exact) mass is 193 g/mol. The highest BCUT2D eigenvalue weighted by Gasteiger charge is 2.51. The van der Waals surface area contributed by atoms with E-state index >= 15 is 0 Å². The van der Waals surface area contributed by atoms with Gasteiger partial charge in [-0.25, -0.2) is 0 Å². The SMILES string of the molecule is NCC(=O)C1(O)CCC1OPO. The second-order valence-corrected chi connectivity index (χ2v) is 3.21. The van der Waals surface area contributed by atoms with Crippen molar-refractivity contribution in [1.29, 1.82) is 0 Å². The summed E-state index contributed by atoms with van der Waals surface area (Å²) in [7, 11) is -0.696. The van der Waals surface area contributed by atoms with Gasteiger partial charge < -0.3 is 20.3 Å². The third kappa shape index (κ3) is 1.51. The quantitative estimate of drug-likeness (QED) is 0.494. The maximum atomic E-state index is 11.1. The molecule has 0 aliphatic heterocycles. The Hall–Kier alpha value is -0.0600. The van der Waals surface area contributed by atoms with Crippen LogP contribution in [0.1, 0.15) is 12.8 Å². The van der Waals surface area contributed by atoms with E-state index in [1.54, 1.807) is 0 Å². The Morgan fingerprint density at radius 3 is 2.83 bits per heavy atom. The second-order valence-electron chi connectivity index (χ2n) is 2.79. The van der Waals surface area contributed by atoms with E-state index < -0.39 is 26.5 Å². The van der Waals surface area contributed by atoms with Gasteiger partial charge in [0.25, 0.3) is 0 Å². The summed E-state index contributed by atoms with van der Waals surface area (Å²) in [6.07, 6.45) is 0.394.